The van der Waals surface area contributed by atoms with Gasteiger partial charge in [-0.25, -0.2) is 0 Å². The van der Waals surface area contributed by atoms with Gasteiger partial charge < -0.3 is 25.4 Å². The molecule has 0 aliphatic carbocycles. The first-order valence-corrected chi connectivity index (χ1v) is 9.48. The van der Waals surface area contributed by atoms with Gasteiger partial charge in [0, 0.05) is 51.7 Å². The zero-order chi connectivity index (χ0) is 20.9. The highest BCUT2D eigenvalue weighted by Crippen LogP contribution is 2.20. The molecule has 0 bridgehead atoms. The second kappa shape index (κ2) is 14.6. The number of benzene rings is 1. The number of aryl methyl sites for hydroxylation is 1. The number of halogens is 1. The van der Waals surface area contributed by atoms with E-state index >= 15 is 0 Å². The first-order chi connectivity index (χ1) is 14.1. The van der Waals surface area contributed by atoms with Gasteiger partial charge in [-0.05, 0) is 30.7 Å². The molecule has 1 aromatic heterocycles. The van der Waals surface area contributed by atoms with Crippen LogP contribution in [0.2, 0.25) is 0 Å². The fraction of sp³-hybridized carbons (Fsp3) is 0.381. The third kappa shape index (κ3) is 8.95. The Morgan fingerprint density at radius 1 is 1.13 bits per heavy atom. The number of carbonyl (C=O) groups excluding carboxylic acids is 1. The SMILES string of the molecule is CN=C(NCCNC(=O)c1cccnc1)NCc1ccc(C)cc1OCCOC.I. The van der Waals surface area contributed by atoms with E-state index in [0.717, 1.165) is 16.9 Å². The number of aromatic nitrogens is 1. The Morgan fingerprint density at radius 3 is 2.63 bits per heavy atom. The molecular weight excluding hydrogens is 497 g/mol. The number of hydrogen-bond donors (Lipinski definition) is 3. The molecule has 9 heteroatoms. The Balaban J connectivity index is 0.00000450. The second-order valence-electron chi connectivity index (χ2n) is 6.30. The molecule has 1 aromatic carbocycles. The van der Waals surface area contributed by atoms with Crippen molar-refractivity contribution in [3.8, 4) is 5.75 Å². The van der Waals surface area contributed by atoms with E-state index in [2.05, 4.69) is 25.9 Å². The lowest BCUT2D eigenvalue weighted by atomic mass is 10.1. The summed E-state index contributed by atoms with van der Waals surface area (Å²) in [4.78, 5) is 20.1. The van der Waals surface area contributed by atoms with Gasteiger partial charge in [-0.2, -0.15) is 0 Å². The van der Waals surface area contributed by atoms with Crippen molar-refractivity contribution < 1.29 is 14.3 Å². The average molecular weight is 527 g/mol. The van der Waals surface area contributed by atoms with Gasteiger partial charge in [0.2, 0.25) is 0 Å². The summed E-state index contributed by atoms with van der Waals surface area (Å²) in [7, 11) is 3.35. The van der Waals surface area contributed by atoms with E-state index in [0.29, 0.717) is 44.4 Å². The zero-order valence-electron chi connectivity index (χ0n) is 17.6. The molecule has 8 nitrogen and oxygen atoms in total. The van der Waals surface area contributed by atoms with Crippen LogP contribution in [0, 0.1) is 6.92 Å². The molecular formula is C21H30IN5O3. The van der Waals surface area contributed by atoms with Crippen molar-refractivity contribution in [2.24, 2.45) is 4.99 Å². The summed E-state index contributed by atoms with van der Waals surface area (Å²) in [5.41, 5.74) is 2.70. The Morgan fingerprint density at radius 2 is 1.93 bits per heavy atom. The molecule has 1 amide bonds. The third-order valence-corrected chi connectivity index (χ3v) is 4.06. The summed E-state index contributed by atoms with van der Waals surface area (Å²) in [5.74, 6) is 1.32. The van der Waals surface area contributed by atoms with E-state index in [-0.39, 0.29) is 29.9 Å². The standard InChI is InChI=1S/C21H29N5O3.HI/c1-16-6-7-17(19(13-16)29-12-11-28-3)15-26-21(22-2)25-10-9-24-20(27)18-5-4-8-23-14-18;/h4-8,13-14H,9-12,15H2,1-3H3,(H,24,27)(H2,22,25,26);1H. The molecule has 0 unspecified atom stereocenters. The second-order valence-corrected chi connectivity index (χ2v) is 6.30. The number of aliphatic imine (C=N–C) groups is 1. The van der Waals surface area contributed by atoms with E-state index in [9.17, 15) is 4.79 Å². The maximum Gasteiger partial charge on any atom is 0.252 e. The lowest BCUT2D eigenvalue weighted by Gasteiger charge is -2.15. The molecule has 2 aromatic rings. The van der Waals surface area contributed by atoms with Gasteiger partial charge in [-0.1, -0.05) is 12.1 Å². The molecule has 0 aliphatic heterocycles. The monoisotopic (exact) mass is 527 g/mol. The van der Waals surface area contributed by atoms with Crippen molar-refractivity contribution in [1.82, 2.24) is 20.9 Å². The van der Waals surface area contributed by atoms with E-state index < -0.39 is 0 Å². The number of pyridine rings is 1. The lowest BCUT2D eigenvalue weighted by molar-refractivity contribution is 0.0954. The smallest absolute Gasteiger partial charge is 0.252 e. The molecule has 0 fully saturated rings. The number of ether oxygens (including phenoxy) is 2. The predicted molar refractivity (Wildman–Crippen MR) is 129 cm³/mol. The quantitative estimate of drug-likeness (QED) is 0.190. The molecule has 0 atom stereocenters. The Labute approximate surface area is 194 Å². The fourth-order valence-corrected chi connectivity index (χ4v) is 2.53. The van der Waals surface area contributed by atoms with Crippen LogP contribution in [0.5, 0.6) is 5.75 Å². The largest absolute Gasteiger partial charge is 0.491 e. The summed E-state index contributed by atoms with van der Waals surface area (Å²) in [6, 6.07) is 9.55. The van der Waals surface area contributed by atoms with Crippen molar-refractivity contribution in [2.75, 3.05) is 40.5 Å². The normalized spacial score (nSPS) is 10.7. The summed E-state index contributed by atoms with van der Waals surface area (Å²) >= 11 is 0. The summed E-state index contributed by atoms with van der Waals surface area (Å²) < 4.78 is 10.9. The molecule has 0 spiro atoms. The number of guanidine groups is 1. The molecule has 164 valence electrons. The van der Waals surface area contributed by atoms with Gasteiger partial charge in [-0.15, -0.1) is 24.0 Å². The highest BCUT2D eigenvalue weighted by molar-refractivity contribution is 14.0. The number of nitrogens with one attached hydrogen (secondary N) is 3. The van der Waals surface area contributed by atoms with Crippen molar-refractivity contribution in [3.63, 3.8) is 0 Å². The number of nitrogens with zero attached hydrogens (tertiary/aromatic N) is 2. The number of methoxy groups -OCH3 is 1. The molecule has 30 heavy (non-hydrogen) atoms. The van der Waals surface area contributed by atoms with Gasteiger partial charge in [-0.3, -0.25) is 14.8 Å². The van der Waals surface area contributed by atoms with Crippen molar-refractivity contribution in [1.29, 1.82) is 0 Å². The van der Waals surface area contributed by atoms with Crippen LogP contribution in [0.1, 0.15) is 21.5 Å². The number of rotatable bonds is 10. The maximum absolute atomic E-state index is 12.0. The maximum atomic E-state index is 12.0. The zero-order valence-corrected chi connectivity index (χ0v) is 19.9. The minimum Gasteiger partial charge on any atom is -0.491 e. The summed E-state index contributed by atoms with van der Waals surface area (Å²) in [6.45, 7) is 4.62. The Kier molecular flexibility index (Phi) is 12.4. The molecule has 2 rings (SSSR count). The molecule has 0 saturated carbocycles. The number of amides is 1. The highest BCUT2D eigenvalue weighted by atomic mass is 127. The summed E-state index contributed by atoms with van der Waals surface area (Å²) in [5, 5.41) is 9.28. The van der Waals surface area contributed by atoms with Crippen LogP contribution in [-0.4, -0.2) is 57.3 Å². The molecule has 0 radical (unpaired) electrons. The van der Waals surface area contributed by atoms with Crippen molar-refractivity contribution in [2.45, 2.75) is 13.5 Å². The summed E-state index contributed by atoms with van der Waals surface area (Å²) in [6.07, 6.45) is 3.17. The van der Waals surface area contributed by atoms with Gasteiger partial charge >= 0.3 is 0 Å². The molecule has 1 heterocycles. The Bertz CT molecular complexity index is 802. The van der Waals surface area contributed by atoms with Crippen LogP contribution in [0.25, 0.3) is 0 Å². The molecule has 0 aliphatic rings. The van der Waals surface area contributed by atoms with E-state index in [1.54, 1.807) is 32.5 Å². The van der Waals surface area contributed by atoms with Gasteiger partial charge in [0.25, 0.3) is 5.91 Å². The van der Waals surface area contributed by atoms with Crippen LogP contribution in [0.3, 0.4) is 0 Å². The van der Waals surface area contributed by atoms with E-state index in [4.69, 9.17) is 9.47 Å². The minimum absolute atomic E-state index is 0. The lowest BCUT2D eigenvalue weighted by Crippen LogP contribution is -2.41. The van der Waals surface area contributed by atoms with Crippen LogP contribution >= 0.6 is 24.0 Å². The van der Waals surface area contributed by atoms with Gasteiger partial charge in [0.05, 0.1) is 12.2 Å². The minimum atomic E-state index is -0.152. The van der Waals surface area contributed by atoms with E-state index in [1.165, 1.54) is 6.20 Å². The van der Waals surface area contributed by atoms with Crippen LogP contribution in [0.4, 0.5) is 0 Å². The van der Waals surface area contributed by atoms with Crippen LogP contribution in [0.15, 0.2) is 47.7 Å². The first kappa shape index (κ1) is 25.6. The fourth-order valence-electron chi connectivity index (χ4n) is 2.53. The third-order valence-electron chi connectivity index (χ3n) is 4.06. The number of hydrogen-bond acceptors (Lipinski definition) is 5. The number of carbonyl (C=O) groups is 1. The molecule has 3 N–H and O–H groups in total. The van der Waals surface area contributed by atoms with Gasteiger partial charge in [0.15, 0.2) is 5.96 Å². The van der Waals surface area contributed by atoms with E-state index in [1.807, 2.05) is 25.1 Å². The average Bonchev–Trinajstić information content (AvgIpc) is 2.75. The Hall–Kier alpha value is -2.40. The van der Waals surface area contributed by atoms with Crippen molar-refractivity contribution >= 4 is 35.8 Å². The topological polar surface area (TPSA) is 96.9 Å². The predicted octanol–water partition coefficient (Wildman–Crippen LogP) is 2.13. The molecule has 0 saturated heterocycles. The van der Waals surface area contributed by atoms with Crippen LogP contribution < -0.4 is 20.7 Å². The van der Waals surface area contributed by atoms with Crippen LogP contribution in [-0.2, 0) is 11.3 Å². The highest BCUT2D eigenvalue weighted by Gasteiger charge is 2.07. The first-order valence-electron chi connectivity index (χ1n) is 9.48. The van der Waals surface area contributed by atoms with Crippen molar-refractivity contribution in [3.05, 3.63) is 59.4 Å². The van der Waals surface area contributed by atoms with Gasteiger partial charge in [0.1, 0.15) is 12.4 Å².